The maximum Gasteiger partial charge on any atom is 0.310 e. The van der Waals surface area contributed by atoms with Crippen LogP contribution in [0.4, 0.5) is 5.69 Å². The number of ether oxygens (including phenoxy) is 4. The maximum atomic E-state index is 12.0. The number of benzene rings is 2. The molecule has 0 radical (unpaired) electrons. The second-order valence-electron chi connectivity index (χ2n) is 5.42. The lowest BCUT2D eigenvalue weighted by Crippen LogP contribution is -2.22. The summed E-state index contributed by atoms with van der Waals surface area (Å²) >= 11 is 5.91. The molecule has 0 spiro atoms. The molecule has 7 nitrogen and oxygen atoms in total. The van der Waals surface area contributed by atoms with Crippen LogP contribution in [0.5, 0.6) is 17.2 Å². The molecular weight excluding hydrogens is 374 g/mol. The summed E-state index contributed by atoms with van der Waals surface area (Å²) in [5.74, 6) is 0.467. The molecule has 0 aromatic heterocycles. The first kappa shape index (κ1) is 20.4. The lowest BCUT2D eigenvalue weighted by molar-refractivity contribution is -0.146. The highest BCUT2D eigenvalue weighted by Crippen LogP contribution is 2.28. The molecule has 2 rings (SSSR count). The highest BCUT2D eigenvalue weighted by molar-refractivity contribution is 6.31. The standard InChI is InChI=1S/C19H20ClNO6/c1-24-15-7-5-13(20)10-14(15)21-18(22)11-27-19(23)9-12-4-6-16(25-2)17(8-12)26-3/h4-8,10H,9,11H2,1-3H3,(H,21,22). The molecule has 144 valence electrons. The minimum atomic E-state index is -0.546. The van der Waals surface area contributed by atoms with Crippen molar-refractivity contribution in [1.82, 2.24) is 0 Å². The molecule has 0 aliphatic heterocycles. The third-order valence-electron chi connectivity index (χ3n) is 3.60. The minimum absolute atomic E-state index is 0.00583. The predicted octanol–water partition coefficient (Wildman–Crippen LogP) is 3.09. The number of hydrogen-bond acceptors (Lipinski definition) is 6. The van der Waals surface area contributed by atoms with Crippen molar-refractivity contribution in [3.63, 3.8) is 0 Å². The Morgan fingerprint density at radius 3 is 2.26 bits per heavy atom. The molecule has 0 atom stereocenters. The first-order valence-electron chi connectivity index (χ1n) is 7.96. The van der Waals surface area contributed by atoms with Crippen molar-refractivity contribution in [3.05, 3.63) is 47.0 Å². The summed E-state index contributed by atoms with van der Waals surface area (Å²) in [7, 11) is 4.51. The van der Waals surface area contributed by atoms with Crippen LogP contribution >= 0.6 is 11.6 Å². The van der Waals surface area contributed by atoms with Crippen molar-refractivity contribution >= 4 is 29.2 Å². The van der Waals surface area contributed by atoms with Gasteiger partial charge in [-0.05, 0) is 35.9 Å². The van der Waals surface area contributed by atoms with Gasteiger partial charge in [-0.2, -0.15) is 0 Å². The fraction of sp³-hybridized carbons (Fsp3) is 0.263. The molecule has 0 saturated carbocycles. The molecule has 0 fully saturated rings. The predicted molar refractivity (Wildman–Crippen MR) is 101 cm³/mol. The van der Waals surface area contributed by atoms with Gasteiger partial charge in [0, 0.05) is 5.02 Å². The lowest BCUT2D eigenvalue weighted by Gasteiger charge is -2.11. The Morgan fingerprint density at radius 2 is 1.59 bits per heavy atom. The van der Waals surface area contributed by atoms with Crippen LogP contribution in [0.1, 0.15) is 5.56 Å². The quantitative estimate of drug-likeness (QED) is 0.694. The Morgan fingerprint density at radius 1 is 0.926 bits per heavy atom. The van der Waals surface area contributed by atoms with E-state index in [0.29, 0.717) is 33.5 Å². The molecular formula is C19H20ClNO6. The van der Waals surface area contributed by atoms with E-state index in [1.165, 1.54) is 21.3 Å². The van der Waals surface area contributed by atoms with E-state index in [4.69, 9.17) is 30.5 Å². The SMILES string of the molecule is COc1ccc(Cl)cc1NC(=O)COC(=O)Cc1ccc(OC)c(OC)c1. The van der Waals surface area contributed by atoms with Gasteiger partial charge in [0.25, 0.3) is 5.91 Å². The van der Waals surface area contributed by atoms with Gasteiger partial charge in [0.15, 0.2) is 18.1 Å². The Hall–Kier alpha value is -2.93. The summed E-state index contributed by atoms with van der Waals surface area (Å²) in [6.07, 6.45) is -0.00583. The number of rotatable bonds is 8. The molecule has 27 heavy (non-hydrogen) atoms. The number of carbonyl (C=O) groups excluding carboxylic acids is 2. The van der Waals surface area contributed by atoms with Gasteiger partial charge in [0.05, 0.1) is 33.4 Å². The van der Waals surface area contributed by atoms with E-state index in [-0.39, 0.29) is 6.42 Å². The monoisotopic (exact) mass is 393 g/mol. The molecule has 0 bridgehead atoms. The number of carbonyl (C=O) groups is 2. The molecule has 2 aromatic carbocycles. The maximum absolute atomic E-state index is 12.0. The Balaban J connectivity index is 1.90. The molecule has 1 amide bonds. The average Bonchev–Trinajstić information content (AvgIpc) is 2.66. The van der Waals surface area contributed by atoms with Crippen molar-refractivity contribution in [1.29, 1.82) is 0 Å². The van der Waals surface area contributed by atoms with Crippen LogP contribution in [-0.2, 0) is 20.7 Å². The zero-order valence-corrected chi connectivity index (χ0v) is 16.0. The van der Waals surface area contributed by atoms with E-state index < -0.39 is 18.5 Å². The Bertz CT molecular complexity index is 824. The van der Waals surface area contributed by atoms with Gasteiger partial charge in [-0.3, -0.25) is 9.59 Å². The van der Waals surface area contributed by atoms with Crippen molar-refractivity contribution in [2.75, 3.05) is 33.3 Å². The topological polar surface area (TPSA) is 83.1 Å². The van der Waals surface area contributed by atoms with Crippen molar-refractivity contribution in [2.24, 2.45) is 0 Å². The van der Waals surface area contributed by atoms with E-state index in [0.717, 1.165) is 0 Å². The number of anilines is 1. The third-order valence-corrected chi connectivity index (χ3v) is 3.83. The van der Waals surface area contributed by atoms with E-state index in [1.54, 1.807) is 36.4 Å². The minimum Gasteiger partial charge on any atom is -0.495 e. The first-order valence-corrected chi connectivity index (χ1v) is 8.34. The normalized spacial score (nSPS) is 10.1. The van der Waals surface area contributed by atoms with Gasteiger partial charge in [-0.25, -0.2) is 0 Å². The molecule has 0 saturated heterocycles. The van der Waals surface area contributed by atoms with Gasteiger partial charge in [0.1, 0.15) is 5.75 Å². The average molecular weight is 394 g/mol. The summed E-state index contributed by atoms with van der Waals surface area (Å²) in [4.78, 5) is 24.0. The highest BCUT2D eigenvalue weighted by atomic mass is 35.5. The number of halogens is 1. The van der Waals surface area contributed by atoms with Crippen LogP contribution in [0.25, 0.3) is 0 Å². The van der Waals surface area contributed by atoms with Crippen molar-refractivity contribution in [3.8, 4) is 17.2 Å². The molecule has 0 heterocycles. The summed E-state index contributed by atoms with van der Waals surface area (Å²) < 4.78 is 20.5. The summed E-state index contributed by atoms with van der Waals surface area (Å²) in [6.45, 7) is -0.429. The van der Waals surface area contributed by atoms with Gasteiger partial charge < -0.3 is 24.3 Å². The molecule has 0 unspecified atom stereocenters. The van der Waals surface area contributed by atoms with Crippen LogP contribution < -0.4 is 19.5 Å². The number of nitrogens with one attached hydrogen (secondary N) is 1. The van der Waals surface area contributed by atoms with Crippen molar-refractivity contribution in [2.45, 2.75) is 6.42 Å². The summed E-state index contributed by atoms with van der Waals surface area (Å²) in [5, 5.41) is 3.03. The second-order valence-corrected chi connectivity index (χ2v) is 5.86. The van der Waals surface area contributed by atoms with Gasteiger partial charge in [-0.1, -0.05) is 17.7 Å². The number of methoxy groups -OCH3 is 3. The largest absolute Gasteiger partial charge is 0.495 e. The molecule has 2 aromatic rings. The zero-order chi connectivity index (χ0) is 19.8. The van der Waals surface area contributed by atoms with Crippen LogP contribution in [0, 0.1) is 0 Å². The van der Waals surface area contributed by atoms with E-state index >= 15 is 0 Å². The lowest BCUT2D eigenvalue weighted by atomic mass is 10.1. The van der Waals surface area contributed by atoms with E-state index in [9.17, 15) is 9.59 Å². The number of hydrogen-bond donors (Lipinski definition) is 1. The van der Waals surface area contributed by atoms with Gasteiger partial charge in [0.2, 0.25) is 0 Å². The second kappa shape index (κ2) is 9.68. The summed E-state index contributed by atoms with van der Waals surface area (Å²) in [6, 6.07) is 9.90. The first-order chi connectivity index (χ1) is 13.0. The van der Waals surface area contributed by atoms with Crippen LogP contribution in [0.15, 0.2) is 36.4 Å². The molecule has 0 aliphatic rings. The van der Waals surface area contributed by atoms with Crippen molar-refractivity contribution < 1.29 is 28.5 Å². The third kappa shape index (κ3) is 5.79. The number of amides is 1. The van der Waals surface area contributed by atoms with Crippen LogP contribution in [0.3, 0.4) is 0 Å². The fourth-order valence-corrected chi connectivity index (χ4v) is 2.49. The number of esters is 1. The van der Waals surface area contributed by atoms with Crippen LogP contribution in [-0.4, -0.2) is 39.8 Å². The Kier molecular flexibility index (Phi) is 7.31. The Labute approximate surface area is 162 Å². The van der Waals surface area contributed by atoms with Crippen LogP contribution in [0.2, 0.25) is 5.02 Å². The smallest absolute Gasteiger partial charge is 0.310 e. The summed E-state index contributed by atoms with van der Waals surface area (Å²) in [5.41, 5.74) is 1.07. The van der Waals surface area contributed by atoms with Gasteiger partial charge in [-0.15, -0.1) is 0 Å². The highest BCUT2D eigenvalue weighted by Gasteiger charge is 2.13. The molecule has 8 heteroatoms. The zero-order valence-electron chi connectivity index (χ0n) is 15.2. The van der Waals surface area contributed by atoms with E-state index in [1.807, 2.05) is 0 Å². The fourth-order valence-electron chi connectivity index (χ4n) is 2.32. The van der Waals surface area contributed by atoms with Gasteiger partial charge >= 0.3 is 5.97 Å². The molecule has 1 N–H and O–H groups in total. The van der Waals surface area contributed by atoms with E-state index in [2.05, 4.69) is 5.32 Å². The molecule has 0 aliphatic carbocycles.